The minimum absolute atomic E-state index is 0.00313. The molecule has 0 aromatic heterocycles. The Kier molecular flexibility index (Phi) is 5.10. The van der Waals surface area contributed by atoms with E-state index in [9.17, 15) is 14.0 Å². The van der Waals surface area contributed by atoms with Crippen LogP contribution in [0, 0.1) is 12.7 Å². The number of carbonyl (C=O) groups is 2. The molecule has 1 rings (SSSR count). The molecule has 0 aliphatic heterocycles. The fourth-order valence-corrected chi connectivity index (χ4v) is 1.22. The lowest BCUT2D eigenvalue weighted by atomic mass is 10.2. The molecule has 18 heavy (non-hydrogen) atoms. The topological polar surface area (TPSA) is 75.6 Å². The molecular formula is C12H14FNO4. The van der Waals surface area contributed by atoms with Crippen molar-refractivity contribution >= 4 is 11.9 Å². The van der Waals surface area contributed by atoms with Gasteiger partial charge in [-0.2, -0.15) is 0 Å². The van der Waals surface area contributed by atoms with E-state index in [0.717, 1.165) is 5.56 Å². The number of hydrogen-bond acceptors (Lipinski definition) is 3. The number of amides is 1. The maximum Gasteiger partial charge on any atom is 0.305 e. The van der Waals surface area contributed by atoms with Gasteiger partial charge < -0.3 is 15.2 Å². The number of hydrogen-bond donors (Lipinski definition) is 2. The van der Waals surface area contributed by atoms with Crippen LogP contribution in [-0.4, -0.2) is 30.1 Å². The van der Waals surface area contributed by atoms with Crippen LogP contribution in [0.2, 0.25) is 0 Å². The van der Waals surface area contributed by atoms with Gasteiger partial charge in [-0.3, -0.25) is 9.59 Å². The standard InChI is InChI=1S/C12H14FNO4/c1-8-2-3-9(13)10(6-8)18-7-11(15)14-5-4-12(16)17/h2-3,6H,4-5,7H2,1H3,(H,14,15)(H,16,17). The average Bonchev–Trinajstić information content (AvgIpc) is 2.30. The lowest BCUT2D eigenvalue weighted by Gasteiger charge is -2.08. The van der Waals surface area contributed by atoms with Crippen molar-refractivity contribution in [2.75, 3.05) is 13.2 Å². The first-order valence-electron chi connectivity index (χ1n) is 5.36. The fraction of sp³-hybridized carbons (Fsp3) is 0.333. The van der Waals surface area contributed by atoms with Crippen molar-refractivity contribution in [3.63, 3.8) is 0 Å². The van der Waals surface area contributed by atoms with E-state index in [4.69, 9.17) is 9.84 Å². The molecule has 0 aliphatic carbocycles. The number of benzene rings is 1. The minimum Gasteiger partial charge on any atom is -0.481 e. The van der Waals surface area contributed by atoms with E-state index in [2.05, 4.69) is 5.32 Å². The second-order valence-electron chi connectivity index (χ2n) is 3.72. The van der Waals surface area contributed by atoms with Gasteiger partial charge in [-0.15, -0.1) is 0 Å². The molecule has 98 valence electrons. The van der Waals surface area contributed by atoms with E-state index >= 15 is 0 Å². The molecule has 1 amide bonds. The molecule has 0 bridgehead atoms. The highest BCUT2D eigenvalue weighted by atomic mass is 19.1. The number of carbonyl (C=O) groups excluding carboxylic acids is 1. The van der Waals surface area contributed by atoms with Crippen LogP contribution in [0.4, 0.5) is 4.39 Å². The van der Waals surface area contributed by atoms with E-state index in [-0.39, 0.29) is 25.3 Å². The summed E-state index contributed by atoms with van der Waals surface area (Å²) in [5.41, 5.74) is 0.817. The van der Waals surface area contributed by atoms with Gasteiger partial charge in [0.25, 0.3) is 5.91 Å². The Morgan fingerprint density at radius 3 is 2.83 bits per heavy atom. The normalized spacial score (nSPS) is 9.89. The lowest BCUT2D eigenvalue weighted by Crippen LogP contribution is -2.30. The summed E-state index contributed by atoms with van der Waals surface area (Å²) in [6, 6.07) is 4.34. The first-order valence-corrected chi connectivity index (χ1v) is 5.36. The third-order valence-electron chi connectivity index (χ3n) is 2.11. The monoisotopic (exact) mass is 255 g/mol. The Bertz CT molecular complexity index is 448. The number of carboxylic acids is 1. The van der Waals surface area contributed by atoms with Crippen molar-refractivity contribution in [2.45, 2.75) is 13.3 Å². The van der Waals surface area contributed by atoms with Gasteiger partial charge in [-0.1, -0.05) is 6.07 Å². The van der Waals surface area contributed by atoms with Gasteiger partial charge in [0, 0.05) is 6.54 Å². The zero-order valence-corrected chi connectivity index (χ0v) is 9.90. The molecular weight excluding hydrogens is 241 g/mol. The second-order valence-corrected chi connectivity index (χ2v) is 3.72. The molecule has 0 saturated carbocycles. The third kappa shape index (κ3) is 4.82. The highest BCUT2D eigenvalue weighted by molar-refractivity contribution is 5.78. The van der Waals surface area contributed by atoms with Crippen molar-refractivity contribution in [1.29, 1.82) is 0 Å². The molecule has 0 unspecified atom stereocenters. The van der Waals surface area contributed by atoms with Crippen LogP contribution in [0.3, 0.4) is 0 Å². The summed E-state index contributed by atoms with van der Waals surface area (Å²) < 4.78 is 18.2. The Morgan fingerprint density at radius 1 is 1.44 bits per heavy atom. The van der Waals surface area contributed by atoms with E-state index < -0.39 is 17.7 Å². The maximum absolute atomic E-state index is 13.2. The summed E-state index contributed by atoms with van der Waals surface area (Å²) in [7, 11) is 0. The lowest BCUT2D eigenvalue weighted by molar-refractivity contribution is -0.137. The highest BCUT2D eigenvalue weighted by Crippen LogP contribution is 2.17. The minimum atomic E-state index is -0.999. The number of ether oxygens (including phenoxy) is 1. The smallest absolute Gasteiger partial charge is 0.305 e. The van der Waals surface area contributed by atoms with E-state index in [1.165, 1.54) is 12.1 Å². The Balaban J connectivity index is 2.38. The van der Waals surface area contributed by atoms with Crippen LogP contribution in [0.15, 0.2) is 18.2 Å². The maximum atomic E-state index is 13.2. The van der Waals surface area contributed by atoms with Gasteiger partial charge >= 0.3 is 5.97 Å². The quantitative estimate of drug-likeness (QED) is 0.798. The molecule has 2 N–H and O–H groups in total. The van der Waals surface area contributed by atoms with Crippen LogP contribution in [-0.2, 0) is 9.59 Å². The molecule has 0 spiro atoms. The van der Waals surface area contributed by atoms with Crippen molar-refractivity contribution in [3.8, 4) is 5.75 Å². The summed E-state index contributed by atoms with van der Waals surface area (Å²) in [5.74, 6) is -2.03. The number of aryl methyl sites for hydroxylation is 1. The van der Waals surface area contributed by atoms with Crippen LogP contribution >= 0.6 is 0 Å². The number of carboxylic acid groups (broad SMARTS) is 1. The van der Waals surface area contributed by atoms with Crippen molar-refractivity contribution in [3.05, 3.63) is 29.6 Å². The summed E-state index contributed by atoms with van der Waals surface area (Å²) >= 11 is 0. The largest absolute Gasteiger partial charge is 0.481 e. The summed E-state index contributed by atoms with van der Waals surface area (Å²) in [6.07, 6.45) is -0.162. The van der Waals surface area contributed by atoms with Crippen molar-refractivity contribution < 1.29 is 23.8 Å². The summed E-state index contributed by atoms with van der Waals surface area (Å²) in [4.78, 5) is 21.5. The Labute approximate surface area is 104 Å². The van der Waals surface area contributed by atoms with Gasteiger partial charge in [-0.25, -0.2) is 4.39 Å². The van der Waals surface area contributed by atoms with Crippen LogP contribution in [0.5, 0.6) is 5.75 Å². The predicted octanol–water partition coefficient (Wildman–Crippen LogP) is 1.10. The van der Waals surface area contributed by atoms with E-state index in [0.29, 0.717) is 0 Å². The van der Waals surface area contributed by atoms with Gasteiger partial charge in [0.05, 0.1) is 6.42 Å². The molecule has 1 aromatic rings. The Hall–Kier alpha value is -2.11. The van der Waals surface area contributed by atoms with E-state index in [1.807, 2.05) is 0 Å². The summed E-state index contributed by atoms with van der Waals surface area (Å²) in [5, 5.41) is 10.7. The van der Waals surface area contributed by atoms with Crippen molar-refractivity contribution in [1.82, 2.24) is 5.32 Å². The van der Waals surface area contributed by atoms with Gasteiger partial charge in [0.15, 0.2) is 18.2 Å². The average molecular weight is 255 g/mol. The first kappa shape index (κ1) is 14.0. The van der Waals surface area contributed by atoms with Crippen LogP contribution < -0.4 is 10.1 Å². The molecule has 0 radical (unpaired) electrons. The van der Waals surface area contributed by atoms with Crippen LogP contribution in [0.1, 0.15) is 12.0 Å². The molecule has 0 atom stereocenters. The number of halogens is 1. The highest BCUT2D eigenvalue weighted by Gasteiger charge is 2.07. The SMILES string of the molecule is Cc1ccc(F)c(OCC(=O)NCCC(=O)O)c1. The molecule has 0 saturated heterocycles. The molecule has 0 fully saturated rings. The predicted molar refractivity (Wildman–Crippen MR) is 61.9 cm³/mol. The molecule has 0 heterocycles. The molecule has 6 heteroatoms. The fourth-order valence-electron chi connectivity index (χ4n) is 1.22. The number of rotatable bonds is 6. The third-order valence-corrected chi connectivity index (χ3v) is 2.11. The Morgan fingerprint density at radius 2 is 2.17 bits per heavy atom. The second kappa shape index (κ2) is 6.58. The van der Waals surface area contributed by atoms with E-state index in [1.54, 1.807) is 13.0 Å². The van der Waals surface area contributed by atoms with Gasteiger partial charge in [0.2, 0.25) is 0 Å². The molecule has 0 aliphatic rings. The zero-order chi connectivity index (χ0) is 13.5. The first-order chi connectivity index (χ1) is 8.49. The number of aliphatic carboxylic acids is 1. The molecule has 1 aromatic carbocycles. The number of nitrogens with one attached hydrogen (secondary N) is 1. The van der Waals surface area contributed by atoms with Crippen molar-refractivity contribution in [2.24, 2.45) is 0 Å². The van der Waals surface area contributed by atoms with Gasteiger partial charge in [0.1, 0.15) is 0 Å². The summed E-state index contributed by atoms with van der Waals surface area (Å²) in [6.45, 7) is 1.45. The van der Waals surface area contributed by atoms with Gasteiger partial charge in [-0.05, 0) is 24.6 Å². The zero-order valence-electron chi connectivity index (χ0n) is 9.90. The van der Waals surface area contributed by atoms with Crippen LogP contribution in [0.25, 0.3) is 0 Å². The molecule has 5 nitrogen and oxygen atoms in total.